The van der Waals surface area contributed by atoms with Crippen LogP contribution in [0.1, 0.15) is 45.7 Å². The van der Waals surface area contributed by atoms with Gasteiger partial charge in [-0.15, -0.1) is 0 Å². The molecule has 0 bridgehead atoms. The molecule has 0 spiro atoms. The maximum atomic E-state index is 9.38. The van der Waals surface area contributed by atoms with Gasteiger partial charge in [0.2, 0.25) is 0 Å². The first-order chi connectivity index (χ1) is 14.8. The van der Waals surface area contributed by atoms with E-state index in [2.05, 4.69) is 32.1 Å². The molecule has 6 nitrogen and oxygen atoms in total. The molecular formula is C24H16N6. The molecule has 0 radical (unpaired) electrons. The molecule has 0 unspecified atom stereocenters. The molecule has 0 aromatic carbocycles. The quantitative estimate of drug-likeness (QED) is 0.513. The van der Waals surface area contributed by atoms with E-state index in [1.54, 1.807) is 24.5 Å². The molecule has 0 aliphatic heterocycles. The Morgan fingerprint density at radius 2 is 1.10 bits per heavy atom. The van der Waals surface area contributed by atoms with Gasteiger partial charge in [0.05, 0.1) is 17.3 Å². The van der Waals surface area contributed by atoms with Crippen LogP contribution in [0.4, 0.5) is 0 Å². The van der Waals surface area contributed by atoms with Crippen LogP contribution in [-0.2, 0) is 0 Å². The van der Waals surface area contributed by atoms with Crippen LogP contribution >= 0.6 is 0 Å². The molecule has 4 aromatic rings. The van der Waals surface area contributed by atoms with Crippen molar-refractivity contribution in [2.24, 2.45) is 0 Å². The highest BCUT2D eigenvalue weighted by Gasteiger charge is 2.31. The van der Waals surface area contributed by atoms with E-state index in [0.29, 0.717) is 22.8 Å². The third-order valence-electron chi connectivity index (χ3n) is 4.83. The molecule has 0 atom stereocenters. The zero-order valence-electron chi connectivity index (χ0n) is 15.9. The van der Waals surface area contributed by atoms with Gasteiger partial charge in [-0.25, -0.2) is 9.97 Å². The lowest BCUT2D eigenvalue weighted by Crippen LogP contribution is -2.18. The van der Waals surface area contributed by atoms with Crippen molar-refractivity contribution in [3.05, 3.63) is 119 Å². The number of hydrogen-bond acceptors (Lipinski definition) is 6. The number of pyridine rings is 4. The molecule has 4 heterocycles. The lowest BCUT2D eigenvalue weighted by molar-refractivity contribution is 0.651. The predicted octanol–water partition coefficient (Wildman–Crippen LogP) is 3.97. The highest BCUT2D eigenvalue weighted by atomic mass is 14.8. The van der Waals surface area contributed by atoms with Gasteiger partial charge < -0.3 is 0 Å². The minimum Gasteiger partial charge on any atom is -0.264 e. The van der Waals surface area contributed by atoms with Gasteiger partial charge in [0, 0.05) is 30.7 Å². The maximum absolute atomic E-state index is 9.38. The molecule has 142 valence electrons. The molecule has 0 aliphatic carbocycles. The molecule has 30 heavy (non-hydrogen) atoms. The molecule has 6 heteroatoms. The number of aromatic nitrogens is 4. The average Bonchev–Trinajstić information content (AvgIpc) is 2.83. The summed E-state index contributed by atoms with van der Waals surface area (Å²) in [7, 11) is 0. The van der Waals surface area contributed by atoms with Gasteiger partial charge in [-0.1, -0.05) is 24.3 Å². The van der Waals surface area contributed by atoms with Crippen molar-refractivity contribution in [2.75, 3.05) is 0 Å². The zero-order valence-corrected chi connectivity index (χ0v) is 15.9. The standard InChI is InChI=1S/C24H16N6/c25-13-19-7-1-9-21(29-19)24(22-10-2-8-20(14-26)30-22)23(17-5-3-11-27-15-17)18-6-4-12-28-16-18/h1-12,15-16,23-24H. The summed E-state index contributed by atoms with van der Waals surface area (Å²) >= 11 is 0. The SMILES string of the molecule is N#Cc1cccc(C(c2cccc(C#N)n2)C(c2cccnc2)c2cccnc2)n1. The summed E-state index contributed by atoms with van der Waals surface area (Å²) in [5, 5.41) is 18.8. The first kappa shape index (κ1) is 18.9. The van der Waals surface area contributed by atoms with Crippen molar-refractivity contribution in [3.8, 4) is 12.1 Å². The molecule has 0 aliphatic rings. The maximum Gasteiger partial charge on any atom is 0.140 e. The highest BCUT2D eigenvalue weighted by Crippen LogP contribution is 2.41. The summed E-state index contributed by atoms with van der Waals surface area (Å²) in [4.78, 5) is 17.7. The number of nitriles is 2. The second-order valence-corrected chi connectivity index (χ2v) is 6.65. The molecule has 4 aromatic heterocycles. The molecule has 0 saturated carbocycles. The van der Waals surface area contributed by atoms with Crippen molar-refractivity contribution in [1.29, 1.82) is 10.5 Å². The van der Waals surface area contributed by atoms with Crippen molar-refractivity contribution < 1.29 is 0 Å². The van der Waals surface area contributed by atoms with Gasteiger partial charge in [-0.2, -0.15) is 10.5 Å². The predicted molar refractivity (Wildman–Crippen MR) is 110 cm³/mol. The lowest BCUT2D eigenvalue weighted by Gasteiger charge is -2.27. The Morgan fingerprint density at radius 3 is 1.50 bits per heavy atom. The van der Waals surface area contributed by atoms with Crippen LogP contribution in [0.25, 0.3) is 0 Å². The third kappa shape index (κ3) is 3.89. The lowest BCUT2D eigenvalue weighted by atomic mass is 9.78. The van der Waals surface area contributed by atoms with E-state index in [4.69, 9.17) is 0 Å². The van der Waals surface area contributed by atoms with Crippen LogP contribution in [0.15, 0.2) is 85.5 Å². The van der Waals surface area contributed by atoms with Gasteiger partial charge in [-0.3, -0.25) is 9.97 Å². The summed E-state index contributed by atoms with van der Waals surface area (Å²) in [5.74, 6) is -0.560. The summed E-state index contributed by atoms with van der Waals surface area (Å²) in [6, 6.07) is 22.7. The summed E-state index contributed by atoms with van der Waals surface area (Å²) in [6.45, 7) is 0. The topological polar surface area (TPSA) is 99.1 Å². The third-order valence-corrected chi connectivity index (χ3v) is 4.83. The van der Waals surface area contributed by atoms with Crippen molar-refractivity contribution in [2.45, 2.75) is 11.8 Å². The van der Waals surface area contributed by atoms with Crippen LogP contribution in [0.2, 0.25) is 0 Å². The first-order valence-electron chi connectivity index (χ1n) is 9.34. The Morgan fingerprint density at radius 1 is 0.600 bits per heavy atom. The van der Waals surface area contributed by atoms with Crippen LogP contribution in [-0.4, -0.2) is 19.9 Å². The Kier molecular flexibility index (Phi) is 5.50. The average molecular weight is 388 g/mol. The van der Waals surface area contributed by atoms with E-state index in [1.807, 2.05) is 60.9 Å². The van der Waals surface area contributed by atoms with E-state index < -0.39 is 0 Å². The van der Waals surface area contributed by atoms with Gasteiger partial charge in [0.15, 0.2) is 0 Å². The van der Waals surface area contributed by atoms with Crippen LogP contribution < -0.4 is 0 Å². The Bertz CT molecular complexity index is 1130. The highest BCUT2D eigenvalue weighted by molar-refractivity contribution is 5.41. The number of nitrogens with zero attached hydrogens (tertiary/aromatic N) is 6. The molecular weight excluding hydrogens is 372 g/mol. The second-order valence-electron chi connectivity index (χ2n) is 6.65. The fraction of sp³-hybridized carbons (Fsp3) is 0.0833. The van der Waals surface area contributed by atoms with Crippen LogP contribution in [0, 0.1) is 22.7 Å². The summed E-state index contributed by atoms with van der Waals surface area (Å²) < 4.78 is 0. The normalized spacial score (nSPS) is 10.5. The van der Waals surface area contributed by atoms with E-state index in [1.165, 1.54) is 0 Å². The smallest absolute Gasteiger partial charge is 0.140 e. The number of hydrogen-bond donors (Lipinski definition) is 0. The van der Waals surface area contributed by atoms with Crippen LogP contribution in [0.3, 0.4) is 0 Å². The van der Waals surface area contributed by atoms with Crippen LogP contribution in [0.5, 0.6) is 0 Å². The number of rotatable bonds is 5. The largest absolute Gasteiger partial charge is 0.264 e. The fourth-order valence-corrected chi connectivity index (χ4v) is 3.56. The van der Waals surface area contributed by atoms with E-state index in [0.717, 1.165) is 11.1 Å². The van der Waals surface area contributed by atoms with Gasteiger partial charge in [-0.05, 0) is 47.5 Å². The van der Waals surface area contributed by atoms with E-state index >= 15 is 0 Å². The van der Waals surface area contributed by atoms with Gasteiger partial charge in [0.1, 0.15) is 23.5 Å². The summed E-state index contributed by atoms with van der Waals surface area (Å²) in [6.07, 6.45) is 7.07. The first-order valence-corrected chi connectivity index (χ1v) is 9.34. The Hall–Kier alpha value is -4.42. The van der Waals surface area contributed by atoms with Crippen molar-refractivity contribution in [1.82, 2.24) is 19.9 Å². The fourth-order valence-electron chi connectivity index (χ4n) is 3.56. The molecule has 0 N–H and O–H groups in total. The van der Waals surface area contributed by atoms with Crippen molar-refractivity contribution >= 4 is 0 Å². The van der Waals surface area contributed by atoms with Crippen molar-refractivity contribution in [3.63, 3.8) is 0 Å². The Labute approximate surface area is 174 Å². The molecule has 0 amide bonds. The van der Waals surface area contributed by atoms with Gasteiger partial charge in [0.25, 0.3) is 0 Å². The summed E-state index contributed by atoms with van der Waals surface area (Å²) in [5.41, 5.74) is 3.95. The molecule has 4 rings (SSSR count). The van der Waals surface area contributed by atoms with E-state index in [9.17, 15) is 10.5 Å². The Balaban J connectivity index is 1.98. The minimum atomic E-state index is -0.347. The van der Waals surface area contributed by atoms with Gasteiger partial charge >= 0.3 is 0 Å². The minimum absolute atomic E-state index is 0.213. The second kappa shape index (κ2) is 8.72. The molecule has 0 saturated heterocycles. The van der Waals surface area contributed by atoms with E-state index in [-0.39, 0.29) is 11.8 Å². The monoisotopic (exact) mass is 388 g/mol. The molecule has 0 fully saturated rings. The zero-order chi connectivity index (χ0) is 20.8.